The number of carbonyl (C=O) groups excluding carboxylic acids is 2. The van der Waals surface area contributed by atoms with Crippen LogP contribution < -0.4 is 5.73 Å². The summed E-state index contributed by atoms with van der Waals surface area (Å²) in [7, 11) is 0. The molecule has 0 atom stereocenters. The van der Waals surface area contributed by atoms with Crippen molar-refractivity contribution in [3.63, 3.8) is 0 Å². The molecule has 3 rings (SSSR count). The lowest BCUT2D eigenvalue weighted by Crippen LogP contribution is -2.50. The van der Waals surface area contributed by atoms with Crippen LogP contribution in [-0.4, -0.2) is 52.7 Å². The van der Waals surface area contributed by atoms with Gasteiger partial charge >= 0.3 is 0 Å². The van der Waals surface area contributed by atoms with Crippen molar-refractivity contribution in [2.45, 2.75) is 19.3 Å². The molecule has 0 unspecified atom stereocenters. The lowest BCUT2D eigenvalue weighted by atomic mass is 10.1. The van der Waals surface area contributed by atoms with Crippen molar-refractivity contribution in [1.82, 2.24) is 9.80 Å². The molecule has 9 heteroatoms. The van der Waals surface area contributed by atoms with Gasteiger partial charge in [-0.25, -0.2) is 4.39 Å². The lowest BCUT2D eigenvalue weighted by molar-refractivity contribution is -0.384. The molecule has 2 aromatic carbocycles. The Bertz CT molecular complexity index is 944. The van der Waals surface area contributed by atoms with E-state index in [0.717, 1.165) is 18.9 Å². The number of rotatable bonds is 6. The van der Waals surface area contributed by atoms with Gasteiger partial charge in [0, 0.05) is 32.6 Å². The average Bonchev–Trinajstić information content (AvgIpc) is 2.75. The van der Waals surface area contributed by atoms with E-state index < -0.39 is 22.3 Å². The quantitative estimate of drug-likeness (QED) is 0.444. The molecule has 2 amide bonds. The highest BCUT2D eigenvalue weighted by atomic mass is 19.1. The number of hydrogen-bond acceptors (Lipinski definition) is 5. The van der Waals surface area contributed by atoms with E-state index >= 15 is 0 Å². The highest BCUT2D eigenvalue weighted by molar-refractivity contribution is 6.01. The number of anilines is 1. The second-order valence-electron chi connectivity index (χ2n) is 7.16. The molecule has 1 heterocycles. The van der Waals surface area contributed by atoms with Crippen molar-refractivity contribution in [3.05, 3.63) is 69.5 Å². The summed E-state index contributed by atoms with van der Waals surface area (Å²) in [5.74, 6) is -1.45. The van der Waals surface area contributed by atoms with E-state index in [1.54, 1.807) is 4.90 Å². The van der Waals surface area contributed by atoms with Gasteiger partial charge in [-0.15, -0.1) is 0 Å². The third-order valence-electron chi connectivity index (χ3n) is 5.17. The first kappa shape index (κ1) is 21.2. The number of aryl methyl sites for hydroxylation is 1. The predicted molar refractivity (Wildman–Crippen MR) is 109 cm³/mol. The standard InChI is InChI=1S/C21H23FN4O4/c22-16-13-17(20(23)18(14-16)26(29)30)21(28)25-11-9-24(10-12-25)19(27)8-4-7-15-5-2-1-3-6-15/h1-3,5-6,13-14H,4,7-12,23H2. The first-order chi connectivity index (χ1) is 14.4. The highest BCUT2D eigenvalue weighted by Gasteiger charge is 2.28. The molecule has 1 fully saturated rings. The van der Waals surface area contributed by atoms with Crippen LogP contribution >= 0.6 is 0 Å². The Morgan fingerprint density at radius 3 is 2.33 bits per heavy atom. The molecule has 1 aliphatic rings. The maximum absolute atomic E-state index is 13.7. The molecule has 0 aliphatic carbocycles. The number of nitrogen functional groups attached to an aromatic ring is 1. The van der Waals surface area contributed by atoms with E-state index in [1.807, 2.05) is 30.3 Å². The van der Waals surface area contributed by atoms with Gasteiger partial charge in [-0.2, -0.15) is 0 Å². The van der Waals surface area contributed by atoms with E-state index in [1.165, 1.54) is 10.5 Å². The van der Waals surface area contributed by atoms with Crippen LogP contribution in [0.3, 0.4) is 0 Å². The van der Waals surface area contributed by atoms with Crippen molar-refractivity contribution >= 4 is 23.2 Å². The number of hydrogen-bond donors (Lipinski definition) is 1. The summed E-state index contributed by atoms with van der Waals surface area (Å²) in [4.78, 5) is 38.5. The van der Waals surface area contributed by atoms with Gasteiger partial charge in [0.15, 0.2) is 0 Å². The van der Waals surface area contributed by atoms with Crippen molar-refractivity contribution in [2.75, 3.05) is 31.9 Å². The van der Waals surface area contributed by atoms with E-state index in [0.29, 0.717) is 25.6 Å². The Morgan fingerprint density at radius 2 is 1.70 bits per heavy atom. The zero-order valence-electron chi connectivity index (χ0n) is 16.4. The maximum Gasteiger partial charge on any atom is 0.295 e. The maximum atomic E-state index is 13.7. The SMILES string of the molecule is Nc1c(C(=O)N2CCN(C(=O)CCCc3ccccc3)CC2)cc(F)cc1[N+](=O)[O-]. The van der Waals surface area contributed by atoms with Crippen LogP contribution in [0.15, 0.2) is 42.5 Å². The third kappa shape index (κ3) is 4.91. The largest absolute Gasteiger partial charge is 0.393 e. The smallest absolute Gasteiger partial charge is 0.295 e. The molecule has 1 saturated heterocycles. The van der Waals surface area contributed by atoms with E-state index in [4.69, 9.17) is 5.73 Å². The summed E-state index contributed by atoms with van der Waals surface area (Å²) in [6.07, 6.45) is 1.99. The summed E-state index contributed by atoms with van der Waals surface area (Å²) in [6, 6.07) is 11.5. The Kier molecular flexibility index (Phi) is 6.61. The fraction of sp³-hybridized carbons (Fsp3) is 0.333. The van der Waals surface area contributed by atoms with Gasteiger partial charge in [0.2, 0.25) is 5.91 Å². The molecule has 158 valence electrons. The van der Waals surface area contributed by atoms with Crippen molar-refractivity contribution in [2.24, 2.45) is 0 Å². The molecule has 0 saturated carbocycles. The van der Waals surface area contributed by atoms with E-state index in [2.05, 4.69) is 0 Å². The summed E-state index contributed by atoms with van der Waals surface area (Å²) in [6.45, 7) is 1.22. The van der Waals surface area contributed by atoms with Crippen LogP contribution in [0.1, 0.15) is 28.8 Å². The van der Waals surface area contributed by atoms with Crippen molar-refractivity contribution in [3.8, 4) is 0 Å². The molecule has 2 N–H and O–H groups in total. The van der Waals surface area contributed by atoms with Gasteiger partial charge in [0.1, 0.15) is 11.5 Å². The molecule has 0 aromatic heterocycles. The van der Waals surface area contributed by atoms with Crippen LogP contribution in [0, 0.1) is 15.9 Å². The van der Waals surface area contributed by atoms with Crippen LogP contribution in [0.2, 0.25) is 0 Å². The number of nitro groups is 1. The zero-order chi connectivity index (χ0) is 21.7. The monoisotopic (exact) mass is 414 g/mol. The van der Waals surface area contributed by atoms with Gasteiger partial charge in [0.05, 0.1) is 16.6 Å². The summed E-state index contributed by atoms with van der Waals surface area (Å²) in [5, 5.41) is 11.0. The minimum Gasteiger partial charge on any atom is -0.393 e. The van der Waals surface area contributed by atoms with Crippen LogP contribution in [0.4, 0.5) is 15.8 Å². The fourth-order valence-corrected chi connectivity index (χ4v) is 3.51. The number of carbonyl (C=O) groups is 2. The molecule has 2 aromatic rings. The summed E-state index contributed by atoms with van der Waals surface area (Å²) >= 11 is 0. The number of nitrogens with two attached hydrogens (primary N) is 1. The molecule has 0 radical (unpaired) electrons. The molecule has 0 bridgehead atoms. The lowest BCUT2D eigenvalue weighted by Gasteiger charge is -2.35. The normalized spacial score (nSPS) is 13.9. The summed E-state index contributed by atoms with van der Waals surface area (Å²) < 4.78 is 13.7. The van der Waals surface area contributed by atoms with Crippen LogP contribution in [0.25, 0.3) is 0 Å². The molecule has 8 nitrogen and oxygen atoms in total. The van der Waals surface area contributed by atoms with Crippen molar-refractivity contribution in [1.29, 1.82) is 0 Å². The van der Waals surface area contributed by atoms with Gasteiger partial charge in [-0.3, -0.25) is 19.7 Å². The van der Waals surface area contributed by atoms with Crippen LogP contribution in [0.5, 0.6) is 0 Å². The minimum absolute atomic E-state index is 0.0268. The molecule has 30 heavy (non-hydrogen) atoms. The van der Waals surface area contributed by atoms with Gasteiger partial charge < -0.3 is 15.5 Å². The number of nitro benzene ring substituents is 1. The van der Waals surface area contributed by atoms with E-state index in [9.17, 15) is 24.1 Å². The van der Waals surface area contributed by atoms with Gasteiger partial charge in [-0.05, 0) is 24.5 Å². The fourth-order valence-electron chi connectivity index (χ4n) is 3.51. The van der Waals surface area contributed by atoms with Gasteiger partial charge in [-0.1, -0.05) is 30.3 Å². The number of nitrogens with zero attached hydrogens (tertiary/aromatic N) is 3. The molecular formula is C21H23FN4O4. The Balaban J connectivity index is 1.54. The van der Waals surface area contributed by atoms with Crippen molar-refractivity contribution < 1.29 is 18.9 Å². The Hall–Kier alpha value is -3.49. The molecular weight excluding hydrogens is 391 g/mol. The van der Waals surface area contributed by atoms with Gasteiger partial charge in [0.25, 0.3) is 11.6 Å². The Morgan fingerprint density at radius 1 is 1.07 bits per heavy atom. The third-order valence-corrected chi connectivity index (χ3v) is 5.17. The van der Waals surface area contributed by atoms with Crippen LogP contribution in [-0.2, 0) is 11.2 Å². The highest BCUT2D eigenvalue weighted by Crippen LogP contribution is 2.28. The second-order valence-corrected chi connectivity index (χ2v) is 7.16. The number of piperazine rings is 1. The Labute approximate surface area is 173 Å². The topological polar surface area (TPSA) is 110 Å². The zero-order valence-corrected chi connectivity index (χ0v) is 16.4. The van der Waals surface area contributed by atoms with E-state index in [-0.39, 0.29) is 30.2 Å². The predicted octanol–water partition coefficient (Wildman–Crippen LogP) is 2.62. The number of benzene rings is 2. The molecule has 0 spiro atoms. The minimum atomic E-state index is -0.897. The second kappa shape index (κ2) is 9.34. The summed E-state index contributed by atoms with van der Waals surface area (Å²) in [5.41, 5.74) is 5.68. The first-order valence-electron chi connectivity index (χ1n) is 9.71. The number of amides is 2. The number of halogens is 1. The average molecular weight is 414 g/mol. The molecule has 1 aliphatic heterocycles. The first-order valence-corrected chi connectivity index (χ1v) is 9.71.